The number of ether oxygens (including phenoxy) is 3. The molecule has 0 aliphatic rings. The number of hydrogen-bond acceptors (Lipinski definition) is 7. The number of benzene rings is 2. The van der Waals surface area contributed by atoms with Gasteiger partial charge in [-0.1, -0.05) is 6.07 Å². The predicted molar refractivity (Wildman–Crippen MR) is 92.1 cm³/mol. The molecule has 0 saturated heterocycles. The zero-order chi connectivity index (χ0) is 18.4. The summed E-state index contributed by atoms with van der Waals surface area (Å²) in [6.45, 7) is 0. The Morgan fingerprint density at radius 1 is 1.04 bits per heavy atom. The summed E-state index contributed by atoms with van der Waals surface area (Å²) in [4.78, 5) is 1.97. The molecule has 0 radical (unpaired) electrons. The molecule has 0 unspecified atom stereocenters. The average molecular weight is 366 g/mol. The van der Waals surface area contributed by atoms with Crippen LogP contribution in [0.15, 0.2) is 46.4 Å². The number of methoxy groups -OCH3 is 3. The molecule has 2 rings (SSSR count). The number of hydrogen-bond donors (Lipinski definition) is 2. The minimum absolute atomic E-state index is 0.0946. The van der Waals surface area contributed by atoms with Crippen LogP contribution >= 0.6 is 0 Å². The Hall–Kier alpha value is -2.94. The van der Waals surface area contributed by atoms with Crippen LogP contribution < -0.4 is 19.0 Å². The van der Waals surface area contributed by atoms with E-state index in [0.29, 0.717) is 11.3 Å². The highest BCUT2D eigenvalue weighted by atomic mass is 32.2. The second kappa shape index (κ2) is 7.75. The van der Waals surface area contributed by atoms with Crippen molar-refractivity contribution in [2.75, 3.05) is 21.3 Å². The molecule has 0 heterocycles. The van der Waals surface area contributed by atoms with Gasteiger partial charge < -0.3 is 19.3 Å². The zero-order valence-corrected chi connectivity index (χ0v) is 14.7. The lowest BCUT2D eigenvalue weighted by Gasteiger charge is -2.10. The van der Waals surface area contributed by atoms with Crippen molar-refractivity contribution in [3.8, 4) is 23.0 Å². The Bertz CT molecular complexity index is 880. The van der Waals surface area contributed by atoms with Crippen LogP contribution in [0.4, 0.5) is 0 Å². The fourth-order valence-corrected chi connectivity index (χ4v) is 2.96. The smallest absolute Gasteiger partial charge is 0.280 e. The first-order valence-electron chi connectivity index (χ1n) is 7.05. The third kappa shape index (κ3) is 4.13. The number of hydrazone groups is 1. The zero-order valence-electron chi connectivity index (χ0n) is 13.9. The molecular formula is C16H18N2O6S. The van der Waals surface area contributed by atoms with Crippen molar-refractivity contribution >= 4 is 16.2 Å². The van der Waals surface area contributed by atoms with E-state index in [9.17, 15) is 13.5 Å². The van der Waals surface area contributed by atoms with Gasteiger partial charge in [0.05, 0.1) is 27.5 Å². The van der Waals surface area contributed by atoms with E-state index in [1.165, 1.54) is 45.7 Å². The van der Waals surface area contributed by atoms with Crippen molar-refractivity contribution in [2.45, 2.75) is 4.90 Å². The molecule has 134 valence electrons. The monoisotopic (exact) mass is 366 g/mol. The Balaban J connectivity index is 2.25. The van der Waals surface area contributed by atoms with Gasteiger partial charge in [-0.05, 0) is 24.3 Å². The van der Waals surface area contributed by atoms with Crippen molar-refractivity contribution < 1.29 is 27.7 Å². The van der Waals surface area contributed by atoms with Crippen molar-refractivity contribution in [3.63, 3.8) is 0 Å². The van der Waals surface area contributed by atoms with Gasteiger partial charge in [0.15, 0.2) is 11.5 Å². The maximum Gasteiger partial charge on any atom is 0.280 e. The lowest BCUT2D eigenvalue weighted by atomic mass is 10.2. The number of phenols is 1. The minimum Gasteiger partial charge on any atom is -0.504 e. The molecule has 0 aliphatic heterocycles. The number of nitrogens with one attached hydrogen (secondary N) is 1. The molecule has 25 heavy (non-hydrogen) atoms. The molecule has 0 fully saturated rings. The second-order valence-corrected chi connectivity index (χ2v) is 6.40. The van der Waals surface area contributed by atoms with Crippen LogP contribution in [0, 0.1) is 0 Å². The lowest BCUT2D eigenvalue weighted by Crippen LogP contribution is -2.19. The van der Waals surface area contributed by atoms with Crippen LogP contribution in [-0.4, -0.2) is 41.1 Å². The molecule has 0 saturated carbocycles. The molecule has 0 bridgehead atoms. The first-order chi connectivity index (χ1) is 11.9. The number of sulfonamides is 1. The van der Waals surface area contributed by atoms with Gasteiger partial charge in [0.25, 0.3) is 10.0 Å². The van der Waals surface area contributed by atoms with Gasteiger partial charge >= 0.3 is 0 Å². The molecule has 2 aromatic carbocycles. The van der Waals surface area contributed by atoms with Crippen LogP contribution in [0.1, 0.15) is 5.56 Å². The Kier molecular flexibility index (Phi) is 5.71. The molecule has 8 nitrogen and oxygen atoms in total. The van der Waals surface area contributed by atoms with E-state index in [2.05, 4.69) is 9.93 Å². The topological polar surface area (TPSA) is 106 Å². The predicted octanol–water partition coefficient (Wildman–Crippen LogP) is 1.73. The quantitative estimate of drug-likeness (QED) is 0.571. The van der Waals surface area contributed by atoms with Gasteiger partial charge in [-0.2, -0.15) is 18.4 Å². The number of phenolic OH excluding ortho intramolecular Hbond substituents is 1. The van der Waals surface area contributed by atoms with E-state index in [1.807, 2.05) is 0 Å². The Morgan fingerprint density at radius 3 is 2.40 bits per heavy atom. The summed E-state index contributed by atoms with van der Waals surface area (Å²) in [6, 6.07) is 9.06. The van der Waals surface area contributed by atoms with Gasteiger partial charge in [-0.25, -0.2) is 0 Å². The van der Waals surface area contributed by atoms with Crippen LogP contribution in [0.5, 0.6) is 23.0 Å². The molecule has 9 heteroatoms. The Morgan fingerprint density at radius 2 is 1.76 bits per heavy atom. The van der Waals surface area contributed by atoms with Crippen LogP contribution in [-0.2, 0) is 10.0 Å². The summed E-state index contributed by atoms with van der Waals surface area (Å²) in [5.74, 6) is 0.686. The molecule has 0 atom stereocenters. The molecule has 0 aliphatic carbocycles. The van der Waals surface area contributed by atoms with Crippen molar-refractivity contribution in [1.82, 2.24) is 4.83 Å². The standard InChI is InChI=1S/C16H18N2O6S/c1-22-12-7-8-15(14(9-12)24-3)25(20,21)18-17-10-11-5-4-6-13(23-2)16(11)19/h4-10,18-19H,1-3H3/b17-10-. The Labute approximate surface area is 145 Å². The number of aromatic hydroxyl groups is 1. The first-order valence-corrected chi connectivity index (χ1v) is 8.54. The fourth-order valence-electron chi connectivity index (χ4n) is 2.02. The summed E-state index contributed by atoms with van der Waals surface area (Å²) >= 11 is 0. The number of nitrogens with zero attached hydrogens (tertiary/aromatic N) is 1. The van der Waals surface area contributed by atoms with Crippen LogP contribution in [0.2, 0.25) is 0 Å². The molecule has 0 spiro atoms. The first kappa shape index (κ1) is 18.4. The van der Waals surface area contributed by atoms with E-state index in [-0.39, 0.29) is 22.1 Å². The van der Waals surface area contributed by atoms with E-state index < -0.39 is 10.0 Å². The fraction of sp³-hybridized carbons (Fsp3) is 0.188. The van der Waals surface area contributed by atoms with E-state index >= 15 is 0 Å². The van der Waals surface area contributed by atoms with E-state index in [1.54, 1.807) is 18.2 Å². The largest absolute Gasteiger partial charge is 0.504 e. The summed E-state index contributed by atoms with van der Waals surface area (Å²) in [5.41, 5.74) is 0.295. The summed E-state index contributed by atoms with van der Waals surface area (Å²) in [5, 5.41) is 13.6. The summed E-state index contributed by atoms with van der Waals surface area (Å²) in [7, 11) is 0.260. The highest BCUT2D eigenvalue weighted by Crippen LogP contribution is 2.29. The second-order valence-electron chi connectivity index (χ2n) is 4.77. The van der Waals surface area contributed by atoms with Crippen molar-refractivity contribution in [2.24, 2.45) is 5.10 Å². The molecular weight excluding hydrogens is 348 g/mol. The van der Waals surface area contributed by atoms with E-state index in [0.717, 1.165) is 0 Å². The maximum atomic E-state index is 12.4. The van der Waals surface area contributed by atoms with Crippen molar-refractivity contribution in [3.05, 3.63) is 42.0 Å². The maximum absolute atomic E-state index is 12.4. The number of rotatable bonds is 7. The average Bonchev–Trinajstić information content (AvgIpc) is 2.62. The molecule has 0 aromatic heterocycles. The molecule has 0 amide bonds. The third-order valence-electron chi connectivity index (χ3n) is 3.29. The van der Waals surface area contributed by atoms with Gasteiger partial charge in [-0.3, -0.25) is 0 Å². The van der Waals surface area contributed by atoms with Gasteiger partial charge in [0.2, 0.25) is 0 Å². The van der Waals surface area contributed by atoms with Gasteiger partial charge in [0, 0.05) is 11.6 Å². The number of para-hydroxylation sites is 1. The van der Waals surface area contributed by atoms with Gasteiger partial charge in [0.1, 0.15) is 16.4 Å². The van der Waals surface area contributed by atoms with Gasteiger partial charge in [-0.15, -0.1) is 0 Å². The third-order valence-corrected chi connectivity index (χ3v) is 4.55. The highest BCUT2D eigenvalue weighted by Gasteiger charge is 2.19. The lowest BCUT2D eigenvalue weighted by molar-refractivity contribution is 0.373. The summed E-state index contributed by atoms with van der Waals surface area (Å²) < 4.78 is 39.8. The van der Waals surface area contributed by atoms with Crippen LogP contribution in [0.3, 0.4) is 0 Å². The molecule has 2 aromatic rings. The van der Waals surface area contributed by atoms with Crippen LogP contribution in [0.25, 0.3) is 0 Å². The van der Waals surface area contributed by atoms with E-state index in [4.69, 9.17) is 14.2 Å². The summed E-state index contributed by atoms with van der Waals surface area (Å²) in [6.07, 6.45) is 1.17. The highest BCUT2D eigenvalue weighted by molar-refractivity contribution is 7.89. The minimum atomic E-state index is -3.97. The normalized spacial score (nSPS) is 11.3. The SMILES string of the molecule is COc1ccc(S(=O)(=O)N/N=C\c2cccc(OC)c2O)c(OC)c1. The molecule has 2 N–H and O–H groups in total. The van der Waals surface area contributed by atoms with Crippen molar-refractivity contribution in [1.29, 1.82) is 0 Å².